The number of aryl methyl sites for hydroxylation is 1. The van der Waals surface area contributed by atoms with Crippen molar-refractivity contribution in [3.05, 3.63) is 65.5 Å². The van der Waals surface area contributed by atoms with Gasteiger partial charge in [-0.1, -0.05) is 26.0 Å². The molecule has 202 valence electrons. The Kier molecular flexibility index (Phi) is 8.55. The van der Waals surface area contributed by atoms with Gasteiger partial charge in [0.2, 0.25) is 5.89 Å². The number of ether oxygens (including phenoxy) is 3. The number of likely N-dealkylation sites (tertiary alicyclic amines) is 1. The van der Waals surface area contributed by atoms with E-state index in [1.807, 2.05) is 69.3 Å². The van der Waals surface area contributed by atoms with E-state index in [2.05, 4.69) is 4.98 Å². The van der Waals surface area contributed by atoms with Crippen molar-refractivity contribution < 1.29 is 33.3 Å². The highest BCUT2D eigenvalue weighted by Gasteiger charge is 2.41. The quantitative estimate of drug-likeness (QED) is 0.388. The third kappa shape index (κ3) is 6.45. The van der Waals surface area contributed by atoms with E-state index in [9.17, 15) is 14.7 Å². The molecular weight excluding hydrogens is 488 g/mol. The van der Waals surface area contributed by atoms with Crippen LogP contribution >= 0.6 is 0 Å². The Balaban J connectivity index is 1.38. The lowest BCUT2D eigenvalue weighted by molar-refractivity contribution is -0.141. The van der Waals surface area contributed by atoms with Crippen molar-refractivity contribution in [3.8, 4) is 23.0 Å². The molecule has 1 unspecified atom stereocenters. The van der Waals surface area contributed by atoms with Crippen LogP contribution < -0.4 is 9.47 Å². The van der Waals surface area contributed by atoms with Gasteiger partial charge in [0, 0.05) is 31.0 Å². The summed E-state index contributed by atoms with van der Waals surface area (Å²) in [7, 11) is 1.62. The summed E-state index contributed by atoms with van der Waals surface area (Å²) < 4.78 is 22.4. The number of carboxylic acids is 1. The van der Waals surface area contributed by atoms with Gasteiger partial charge in [-0.05, 0) is 54.8 Å². The van der Waals surface area contributed by atoms with Crippen molar-refractivity contribution in [1.82, 2.24) is 9.88 Å². The number of amides is 1. The van der Waals surface area contributed by atoms with Gasteiger partial charge in [-0.25, -0.2) is 9.78 Å². The second-order valence-corrected chi connectivity index (χ2v) is 9.85. The largest absolute Gasteiger partial charge is 0.497 e. The molecule has 1 saturated heterocycles. The van der Waals surface area contributed by atoms with Crippen LogP contribution in [0, 0.1) is 18.8 Å². The topological polar surface area (TPSA) is 111 Å². The highest BCUT2D eigenvalue weighted by molar-refractivity contribution is 5.75. The summed E-state index contributed by atoms with van der Waals surface area (Å²) in [4.78, 5) is 30.5. The molecule has 4 rings (SSSR count). The van der Waals surface area contributed by atoms with E-state index in [0.717, 1.165) is 28.3 Å². The maximum absolute atomic E-state index is 12.5. The monoisotopic (exact) mass is 522 g/mol. The van der Waals surface area contributed by atoms with Gasteiger partial charge < -0.3 is 28.6 Å². The molecule has 1 amide bonds. The Morgan fingerprint density at radius 3 is 2.58 bits per heavy atom. The number of nitrogens with zero attached hydrogens (tertiary/aromatic N) is 2. The first-order valence-corrected chi connectivity index (χ1v) is 12.7. The summed E-state index contributed by atoms with van der Waals surface area (Å²) in [6.07, 6.45) is 0.0728. The first-order chi connectivity index (χ1) is 18.2. The molecule has 1 aliphatic heterocycles. The molecule has 38 heavy (non-hydrogen) atoms. The van der Waals surface area contributed by atoms with E-state index in [4.69, 9.17) is 18.6 Å². The Hall–Kier alpha value is -4.01. The zero-order valence-corrected chi connectivity index (χ0v) is 22.2. The fraction of sp³-hybridized carbons (Fsp3) is 0.414. The maximum atomic E-state index is 12.5. The average molecular weight is 523 g/mol. The molecule has 0 radical (unpaired) electrons. The first-order valence-electron chi connectivity index (χ1n) is 12.7. The predicted molar refractivity (Wildman–Crippen MR) is 140 cm³/mol. The molecule has 2 atom stereocenters. The van der Waals surface area contributed by atoms with E-state index in [0.29, 0.717) is 31.3 Å². The minimum Gasteiger partial charge on any atom is -0.497 e. The van der Waals surface area contributed by atoms with Crippen molar-refractivity contribution in [1.29, 1.82) is 0 Å². The van der Waals surface area contributed by atoms with Crippen molar-refractivity contribution in [2.24, 2.45) is 11.8 Å². The minimum absolute atomic E-state index is 0.115. The number of hydrogen-bond acceptors (Lipinski definition) is 7. The number of aromatic nitrogens is 1. The molecule has 2 aromatic carbocycles. The normalized spacial score (nSPS) is 17.0. The molecule has 0 aliphatic carbocycles. The van der Waals surface area contributed by atoms with Crippen LogP contribution in [0.15, 0.2) is 52.9 Å². The van der Waals surface area contributed by atoms with Gasteiger partial charge in [0.1, 0.15) is 17.3 Å². The van der Waals surface area contributed by atoms with Crippen LogP contribution in [-0.2, 0) is 16.0 Å². The third-order valence-electron chi connectivity index (χ3n) is 6.56. The Morgan fingerprint density at radius 2 is 1.89 bits per heavy atom. The second kappa shape index (κ2) is 12.0. The van der Waals surface area contributed by atoms with Crippen molar-refractivity contribution in [3.63, 3.8) is 0 Å². The zero-order valence-electron chi connectivity index (χ0n) is 22.2. The van der Waals surface area contributed by atoms with Crippen LogP contribution in [0.2, 0.25) is 0 Å². The highest BCUT2D eigenvalue weighted by atomic mass is 16.6. The Morgan fingerprint density at radius 1 is 1.13 bits per heavy atom. The highest BCUT2D eigenvalue weighted by Crippen LogP contribution is 2.35. The van der Waals surface area contributed by atoms with Crippen LogP contribution in [0.4, 0.5) is 4.79 Å². The molecule has 9 heteroatoms. The number of oxazole rings is 1. The van der Waals surface area contributed by atoms with E-state index in [1.165, 1.54) is 4.90 Å². The first kappa shape index (κ1) is 27.0. The van der Waals surface area contributed by atoms with Crippen molar-refractivity contribution in [2.75, 3.05) is 33.4 Å². The molecule has 0 spiro atoms. The van der Waals surface area contributed by atoms with Gasteiger partial charge in [0.05, 0.1) is 31.9 Å². The number of carbonyl (C=O) groups is 2. The van der Waals surface area contributed by atoms with Crippen LogP contribution in [-0.4, -0.2) is 60.5 Å². The van der Waals surface area contributed by atoms with Crippen LogP contribution in [0.25, 0.3) is 11.5 Å². The number of methoxy groups -OCH3 is 1. The lowest BCUT2D eigenvalue weighted by Gasteiger charge is -2.17. The summed E-state index contributed by atoms with van der Waals surface area (Å²) in [5.41, 5.74) is 2.48. The fourth-order valence-electron chi connectivity index (χ4n) is 4.49. The molecule has 3 aromatic rings. The van der Waals surface area contributed by atoms with Crippen molar-refractivity contribution in [2.45, 2.75) is 33.1 Å². The average Bonchev–Trinajstić information content (AvgIpc) is 3.52. The third-order valence-corrected chi connectivity index (χ3v) is 6.56. The van der Waals surface area contributed by atoms with Gasteiger partial charge in [-0.3, -0.25) is 4.79 Å². The van der Waals surface area contributed by atoms with Crippen LogP contribution in [0.1, 0.15) is 36.8 Å². The predicted octanol–water partition coefficient (Wildman–Crippen LogP) is 5.17. The smallest absolute Gasteiger partial charge is 0.409 e. The lowest BCUT2D eigenvalue weighted by Crippen LogP contribution is -2.31. The molecule has 1 aromatic heterocycles. The molecule has 0 bridgehead atoms. The SMILES string of the molecule is COc1ccc(-c2nc(CCOc3cccc([C@@H]4CN(C(=O)OCC(C)C)CC4C(=O)O)c3)c(C)o2)cc1. The molecule has 2 heterocycles. The second-order valence-electron chi connectivity index (χ2n) is 9.85. The van der Waals surface area contributed by atoms with E-state index in [1.54, 1.807) is 7.11 Å². The molecule has 9 nitrogen and oxygen atoms in total. The van der Waals surface area contributed by atoms with E-state index in [-0.39, 0.29) is 24.9 Å². The Labute approximate surface area is 222 Å². The number of rotatable bonds is 10. The molecular formula is C29H34N2O7. The van der Waals surface area contributed by atoms with Gasteiger partial charge in [-0.15, -0.1) is 0 Å². The van der Waals surface area contributed by atoms with Crippen LogP contribution in [0.5, 0.6) is 11.5 Å². The van der Waals surface area contributed by atoms with Gasteiger partial charge in [-0.2, -0.15) is 0 Å². The zero-order chi connectivity index (χ0) is 27.2. The van der Waals surface area contributed by atoms with Gasteiger partial charge in [0.15, 0.2) is 0 Å². The minimum atomic E-state index is -0.936. The number of hydrogen-bond donors (Lipinski definition) is 1. The molecule has 1 fully saturated rings. The number of aliphatic carboxylic acids is 1. The summed E-state index contributed by atoms with van der Waals surface area (Å²) >= 11 is 0. The number of carbonyl (C=O) groups excluding carboxylic acids is 1. The Bertz CT molecular complexity index is 1250. The van der Waals surface area contributed by atoms with Gasteiger partial charge >= 0.3 is 12.1 Å². The summed E-state index contributed by atoms with van der Waals surface area (Å²) in [5.74, 6) is 0.861. The number of carboxylic acid groups (broad SMARTS) is 1. The summed E-state index contributed by atoms with van der Waals surface area (Å²) in [6.45, 7) is 6.85. The lowest BCUT2D eigenvalue weighted by atomic mass is 9.89. The standard InChI is InChI=1S/C29H34N2O7/c1-18(2)17-37-29(34)31-15-24(25(16-31)28(32)33)21-6-5-7-23(14-21)36-13-12-26-19(3)38-27(30-26)20-8-10-22(35-4)11-9-20/h5-11,14,18,24-25H,12-13,15-17H2,1-4H3,(H,32,33)/t24-,25?/m0/s1. The van der Waals surface area contributed by atoms with Crippen molar-refractivity contribution >= 4 is 12.1 Å². The molecule has 1 N–H and O–H groups in total. The summed E-state index contributed by atoms with van der Waals surface area (Å²) in [5, 5.41) is 9.80. The molecule has 1 aliphatic rings. The van der Waals surface area contributed by atoms with Gasteiger partial charge in [0.25, 0.3) is 0 Å². The van der Waals surface area contributed by atoms with E-state index < -0.39 is 18.0 Å². The maximum Gasteiger partial charge on any atom is 0.409 e. The summed E-state index contributed by atoms with van der Waals surface area (Å²) in [6, 6.07) is 14.9. The fourth-order valence-corrected chi connectivity index (χ4v) is 4.49. The molecule has 0 saturated carbocycles. The van der Waals surface area contributed by atoms with Crippen LogP contribution in [0.3, 0.4) is 0 Å². The van der Waals surface area contributed by atoms with E-state index >= 15 is 0 Å². The number of benzene rings is 2.